The molecule has 0 N–H and O–H groups in total. The SMILES string of the molecule is O=P(CC(Br)CBr)(OCC(Br)CBr)OCC(Br)CBr. The van der Waals surface area contributed by atoms with Crippen molar-refractivity contribution in [2.24, 2.45) is 0 Å². The van der Waals surface area contributed by atoms with Gasteiger partial charge < -0.3 is 9.05 Å². The Bertz CT molecular complexity index is 265. The summed E-state index contributed by atoms with van der Waals surface area (Å²) >= 11 is 20.3. The van der Waals surface area contributed by atoms with Crippen LogP contribution in [0.25, 0.3) is 0 Å². The van der Waals surface area contributed by atoms with E-state index in [-0.39, 0.29) is 14.5 Å². The number of rotatable bonds is 11. The van der Waals surface area contributed by atoms with E-state index in [1.165, 1.54) is 0 Å². The Morgan fingerprint density at radius 2 is 1.16 bits per heavy atom. The molecule has 10 heteroatoms. The van der Waals surface area contributed by atoms with Crippen molar-refractivity contribution >= 4 is 103 Å². The smallest absolute Gasteiger partial charge is 0.307 e. The van der Waals surface area contributed by atoms with Crippen LogP contribution in [0.5, 0.6) is 0 Å². The van der Waals surface area contributed by atoms with Crippen molar-refractivity contribution in [1.82, 2.24) is 0 Å². The Kier molecular flexibility index (Phi) is 14.4. The maximum absolute atomic E-state index is 12.7. The van der Waals surface area contributed by atoms with Gasteiger partial charge in [-0.05, 0) is 0 Å². The predicted molar refractivity (Wildman–Crippen MR) is 104 cm³/mol. The third kappa shape index (κ3) is 11.2. The van der Waals surface area contributed by atoms with Crippen LogP contribution in [-0.2, 0) is 13.6 Å². The Hall–Kier alpha value is 3.03. The van der Waals surface area contributed by atoms with Crippen LogP contribution in [0.2, 0.25) is 0 Å². The molecule has 0 rings (SSSR count). The highest BCUT2D eigenvalue weighted by molar-refractivity contribution is 9.12. The molecule has 0 aliphatic heterocycles. The predicted octanol–water partition coefficient (Wildman–Crippen LogP) is 5.69. The van der Waals surface area contributed by atoms with Crippen molar-refractivity contribution in [1.29, 1.82) is 0 Å². The molecule has 0 heterocycles. The summed E-state index contributed by atoms with van der Waals surface area (Å²) in [5, 5.41) is 2.15. The van der Waals surface area contributed by atoms with Gasteiger partial charge in [-0.2, -0.15) is 0 Å². The maximum atomic E-state index is 12.7. The first kappa shape index (κ1) is 22.0. The second-order valence-corrected chi connectivity index (χ2v) is 11.6. The summed E-state index contributed by atoms with van der Waals surface area (Å²) in [5.74, 6) is 0. The number of halogens is 6. The molecule has 0 radical (unpaired) electrons. The fourth-order valence-electron chi connectivity index (χ4n) is 0.912. The summed E-state index contributed by atoms with van der Waals surface area (Å²) in [7, 11) is -3.10. The van der Waals surface area contributed by atoms with Crippen molar-refractivity contribution in [3.05, 3.63) is 0 Å². The summed E-state index contributed by atoms with van der Waals surface area (Å²) in [6, 6.07) is 0. The Morgan fingerprint density at radius 3 is 1.47 bits per heavy atom. The highest BCUT2D eigenvalue weighted by Gasteiger charge is 2.29. The van der Waals surface area contributed by atoms with E-state index in [1.54, 1.807) is 0 Å². The lowest BCUT2D eigenvalue weighted by Crippen LogP contribution is -2.18. The van der Waals surface area contributed by atoms with Gasteiger partial charge in [-0.25, -0.2) is 0 Å². The van der Waals surface area contributed by atoms with Crippen molar-refractivity contribution < 1.29 is 13.6 Å². The van der Waals surface area contributed by atoms with Crippen LogP contribution in [0.15, 0.2) is 0 Å². The third-order valence-corrected chi connectivity index (χ3v) is 11.1. The van der Waals surface area contributed by atoms with Crippen LogP contribution < -0.4 is 0 Å². The van der Waals surface area contributed by atoms with Crippen molar-refractivity contribution in [2.45, 2.75) is 14.5 Å². The van der Waals surface area contributed by atoms with E-state index in [2.05, 4.69) is 95.6 Å². The molecule has 0 aliphatic carbocycles. The van der Waals surface area contributed by atoms with Gasteiger partial charge in [-0.1, -0.05) is 95.6 Å². The van der Waals surface area contributed by atoms with Gasteiger partial charge in [0.2, 0.25) is 0 Å². The summed E-state index contributed by atoms with van der Waals surface area (Å²) in [6.45, 7) is 0.678. The first-order chi connectivity index (χ1) is 8.86. The molecule has 3 unspecified atom stereocenters. The van der Waals surface area contributed by atoms with E-state index >= 15 is 0 Å². The van der Waals surface area contributed by atoms with Gasteiger partial charge in [-0.3, -0.25) is 4.57 Å². The molecule has 0 bridgehead atoms. The van der Waals surface area contributed by atoms with Crippen LogP contribution in [0.3, 0.4) is 0 Å². The molecule has 3 nitrogen and oxygen atoms in total. The minimum absolute atomic E-state index is 0.0498. The highest BCUT2D eigenvalue weighted by atomic mass is 79.9. The van der Waals surface area contributed by atoms with Gasteiger partial charge in [0.15, 0.2) is 0 Å². The summed E-state index contributed by atoms with van der Waals surface area (Å²) in [4.78, 5) is 0.269. The Labute approximate surface area is 165 Å². The van der Waals surface area contributed by atoms with Gasteiger partial charge in [0.25, 0.3) is 0 Å². The normalized spacial score (nSPS) is 19.7. The fraction of sp³-hybridized carbons (Fsp3) is 1.00. The molecule has 0 saturated heterocycles. The first-order valence-electron chi connectivity index (χ1n) is 5.35. The van der Waals surface area contributed by atoms with Gasteiger partial charge in [-0.15, -0.1) is 0 Å². The van der Waals surface area contributed by atoms with E-state index in [4.69, 9.17) is 9.05 Å². The standard InChI is InChI=1S/C9H15Br6O3P/c10-1-7(13)4-17-19(16,6-9(15)3-12)18-5-8(14)2-11/h7-9H,1-6H2. The molecule has 0 aromatic heterocycles. The molecular formula is C9H15Br6O3P. The molecule has 0 amide bonds. The van der Waals surface area contributed by atoms with Crippen LogP contribution >= 0.6 is 103 Å². The van der Waals surface area contributed by atoms with Crippen LogP contribution in [-0.4, -0.2) is 49.8 Å². The molecule has 0 saturated carbocycles. The molecule has 0 aromatic rings. The van der Waals surface area contributed by atoms with E-state index in [9.17, 15) is 4.57 Å². The van der Waals surface area contributed by atoms with Crippen molar-refractivity contribution in [3.63, 3.8) is 0 Å². The summed E-state index contributed by atoms with van der Waals surface area (Å²) < 4.78 is 23.7. The van der Waals surface area contributed by atoms with Crippen LogP contribution in [0.1, 0.15) is 0 Å². The third-order valence-electron chi connectivity index (χ3n) is 1.83. The molecule has 0 aromatic carbocycles. The van der Waals surface area contributed by atoms with E-state index in [1.807, 2.05) is 0 Å². The fourth-order valence-corrected chi connectivity index (χ4v) is 5.32. The lowest BCUT2D eigenvalue weighted by Gasteiger charge is -2.22. The number of hydrogen-bond donors (Lipinski definition) is 0. The molecule has 116 valence electrons. The van der Waals surface area contributed by atoms with E-state index < -0.39 is 7.60 Å². The molecule has 19 heavy (non-hydrogen) atoms. The zero-order valence-corrected chi connectivity index (χ0v) is 20.3. The number of alkyl halides is 6. The second-order valence-electron chi connectivity index (χ2n) is 3.64. The molecule has 0 aliphatic rings. The largest absolute Gasteiger partial charge is 0.331 e. The first-order valence-corrected chi connectivity index (χ1v) is 13.2. The van der Waals surface area contributed by atoms with Gasteiger partial charge in [0.05, 0.1) is 19.4 Å². The summed E-state index contributed by atoms with van der Waals surface area (Å²) in [6.07, 6.45) is 0.336. The lowest BCUT2D eigenvalue weighted by molar-refractivity contribution is 0.210. The molecule has 0 fully saturated rings. The van der Waals surface area contributed by atoms with Crippen molar-refractivity contribution in [3.8, 4) is 0 Å². The minimum Gasteiger partial charge on any atom is -0.307 e. The molecular weight excluding hydrogens is 666 g/mol. The topological polar surface area (TPSA) is 35.5 Å². The average Bonchev–Trinajstić information content (AvgIpc) is 2.42. The van der Waals surface area contributed by atoms with Crippen molar-refractivity contribution in [2.75, 3.05) is 35.4 Å². The maximum Gasteiger partial charge on any atom is 0.331 e. The van der Waals surface area contributed by atoms with Gasteiger partial charge >= 0.3 is 7.60 Å². The summed E-state index contributed by atoms with van der Waals surface area (Å²) in [5.41, 5.74) is 0. The highest BCUT2D eigenvalue weighted by Crippen LogP contribution is 2.50. The zero-order chi connectivity index (χ0) is 14.9. The monoisotopic (exact) mass is 676 g/mol. The molecule has 0 spiro atoms. The second kappa shape index (κ2) is 12.5. The lowest BCUT2D eigenvalue weighted by atomic mass is 10.5. The zero-order valence-electron chi connectivity index (χ0n) is 9.91. The Morgan fingerprint density at radius 1 is 0.789 bits per heavy atom. The minimum atomic E-state index is -3.10. The van der Waals surface area contributed by atoms with Crippen LogP contribution in [0.4, 0.5) is 0 Å². The Balaban J connectivity index is 4.48. The quantitative estimate of drug-likeness (QED) is 0.208. The van der Waals surface area contributed by atoms with E-state index in [0.29, 0.717) is 24.7 Å². The van der Waals surface area contributed by atoms with Gasteiger partial charge in [0.1, 0.15) is 0 Å². The van der Waals surface area contributed by atoms with E-state index in [0.717, 1.165) is 10.7 Å². The van der Waals surface area contributed by atoms with Crippen LogP contribution in [0, 0.1) is 0 Å². The number of hydrogen-bond acceptors (Lipinski definition) is 3. The molecule has 3 atom stereocenters. The van der Waals surface area contributed by atoms with Gasteiger partial charge in [0, 0.05) is 30.5 Å². The average molecular weight is 682 g/mol.